The summed E-state index contributed by atoms with van der Waals surface area (Å²) in [5.74, 6) is 0.350. The zero-order valence-corrected chi connectivity index (χ0v) is 21.7. The first kappa shape index (κ1) is 25.8. The lowest BCUT2D eigenvalue weighted by molar-refractivity contribution is -0.112. The zero-order valence-electron chi connectivity index (χ0n) is 21.0. The van der Waals surface area contributed by atoms with Crippen LogP contribution in [0.25, 0.3) is 16.8 Å². The van der Waals surface area contributed by atoms with Gasteiger partial charge in [-0.3, -0.25) is 4.79 Å². The van der Waals surface area contributed by atoms with E-state index in [0.29, 0.717) is 41.0 Å². The number of halogens is 1. The quantitative estimate of drug-likeness (QED) is 0.195. The van der Waals surface area contributed by atoms with E-state index in [9.17, 15) is 10.1 Å². The van der Waals surface area contributed by atoms with Crippen LogP contribution in [0.2, 0.25) is 5.02 Å². The van der Waals surface area contributed by atoms with Gasteiger partial charge in [0.25, 0.3) is 5.91 Å². The Balaban J connectivity index is 1.57. The van der Waals surface area contributed by atoms with Crippen molar-refractivity contribution in [3.05, 3.63) is 106 Å². The van der Waals surface area contributed by atoms with E-state index in [0.717, 1.165) is 27.5 Å². The second kappa shape index (κ2) is 11.6. The first-order valence-electron chi connectivity index (χ1n) is 12.0. The van der Waals surface area contributed by atoms with Crippen molar-refractivity contribution < 1.29 is 14.3 Å². The second-order valence-corrected chi connectivity index (χ2v) is 9.01. The maximum atomic E-state index is 12.8. The van der Waals surface area contributed by atoms with Crippen LogP contribution < -0.4 is 14.8 Å². The van der Waals surface area contributed by atoms with Gasteiger partial charge >= 0.3 is 0 Å². The van der Waals surface area contributed by atoms with Crippen molar-refractivity contribution in [2.24, 2.45) is 0 Å². The molecule has 0 bridgehead atoms. The fourth-order valence-electron chi connectivity index (χ4n) is 3.95. The van der Waals surface area contributed by atoms with Gasteiger partial charge in [0.15, 0.2) is 11.5 Å². The number of ether oxygens (including phenoxy) is 2. The van der Waals surface area contributed by atoms with E-state index < -0.39 is 5.91 Å². The normalized spacial score (nSPS) is 11.2. The number of hydrogen-bond acceptors (Lipinski definition) is 4. The molecule has 0 aliphatic heterocycles. The monoisotopic (exact) mass is 510 g/mol. The standard InChI is InChI=1S/C31H27ClN2O3/c1-4-36-29-17-23(15-26(18-33)31(35)34-28-11-7-8-20(2)21(28)3)16-27(32)30(29)37-19-22-12-13-24-9-5-6-10-25(24)14-22/h5-17H,4,19H2,1-3H3,(H,34,35)/b26-15+. The van der Waals surface area contributed by atoms with E-state index in [4.69, 9.17) is 21.1 Å². The van der Waals surface area contributed by atoms with E-state index in [2.05, 4.69) is 29.6 Å². The lowest BCUT2D eigenvalue weighted by Gasteiger charge is -2.15. The number of nitrogens with zero attached hydrogens (tertiary/aromatic N) is 1. The van der Waals surface area contributed by atoms with Gasteiger partial charge in [-0.25, -0.2) is 0 Å². The molecule has 1 N–H and O–H groups in total. The maximum absolute atomic E-state index is 12.8. The highest BCUT2D eigenvalue weighted by Crippen LogP contribution is 2.38. The Bertz CT molecular complexity index is 1540. The van der Waals surface area contributed by atoms with E-state index >= 15 is 0 Å². The Hall–Kier alpha value is -4.27. The molecule has 0 atom stereocenters. The van der Waals surface area contributed by atoms with Crippen molar-refractivity contribution in [3.8, 4) is 17.6 Å². The van der Waals surface area contributed by atoms with Crippen LogP contribution in [0.4, 0.5) is 5.69 Å². The number of fused-ring (bicyclic) bond motifs is 1. The van der Waals surface area contributed by atoms with E-state index in [1.54, 1.807) is 18.2 Å². The molecule has 0 spiro atoms. The molecule has 6 heteroatoms. The number of benzene rings is 4. The Labute approximate surface area is 221 Å². The van der Waals surface area contributed by atoms with E-state index in [1.165, 1.54) is 6.08 Å². The summed E-state index contributed by atoms with van der Waals surface area (Å²) >= 11 is 6.59. The predicted octanol–water partition coefficient (Wildman–Crippen LogP) is 7.63. The van der Waals surface area contributed by atoms with Gasteiger partial charge in [0, 0.05) is 5.69 Å². The molecular formula is C31H27ClN2O3. The largest absolute Gasteiger partial charge is 0.490 e. The van der Waals surface area contributed by atoms with Crippen molar-refractivity contribution in [2.75, 3.05) is 11.9 Å². The van der Waals surface area contributed by atoms with Crippen molar-refractivity contribution in [3.63, 3.8) is 0 Å². The molecule has 0 unspecified atom stereocenters. The van der Waals surface area contributed by atoms with Gasteiger partial charge in [-0.2, -0.15) is 5.26 Å². The number of carbonyl (C=O) groups excluding carboxylic acids is 1. The minimum absolute atomic E-state index is 0.0516. The molecule has 5 nitrogen and oxygen atoms in total. The van der Waals surface area contributed by atoms with Gasteiger partial charge in [0.1, 0.15) is 18.2 Å². The number of amides is 1. The zero-order chi connectivity index (χ0) is 26.4. The van der Waals surface area contributed by atoms with E-state index in [1.807, 2.05) is 57.2 Å². The van der Waals surface area contributed by atoms with Crippen molar-refractivity contribution in [2.45, 2.75) is 27.4 Å². The molecule has 0 aromatic heterocycles. The highest BCUT2D eigenvalue weighted by atomic mass is 35.5. The van der Waals surface area contributed by atoms with Crippen LogP contribution in [0.3, 0.4) is 0 Å². The first-order chi connectivity index (χ1) is 17.9. The lowest BCUT2D eigenvalue weighted by atomic mass is 10.1. The summed E-state index contributed by atoms with van der Waals surface area (Å²) in [6.07, 6.45) is 1.49. The average Bonchev–Trinajstić information content (AvgIpc) is 2.89. The minimum atomic E-state index is -0.498. The number of aryl methyl sites for hydroxylation is 1. The summed E-state index contributed by atoms with van der Waals surface area (Å²) in [6, 6.07) is 25.3. The fourth-order valence-corrected chi connectivity index (χ4v) is 4.22. The molecule has 0 aliphatic carbocycles. The molecule has 4 aromatic carbocycles. The summed E-state index contributed by atoms with van der Waals surface area (Å²) in [5.41, 5.74) is 4.16. The molecule has 0 aliphatic rings. The van der Waals surface area contributed by atoms with Gasteiger partial charge in [-0.05, 0) is 84.1 Å². The third-order valence-electron chi connectivity index (χ3n) is 6.06. The summed E-state index contributed by atoms with van der Waals surface area (Å²) in [4.78, 5) is 12.8. The van der Waals surface area contributed by atoms with Crippen molar-refractivity contribution in [1.29, 1.82) is 5.26 Å². The molecule has 0 heterocycles. The van der Waals surface area contributed by atoms with Crippen molar-refractivity contribution >= 4 is 40.0 Å². The van der Waals surface area contributed by atoms with Crippen LogP contribution in [0.15, 0.2) is 78.4 Å². The second-order valence-electron chi connectivity index (χ2n) is 8.60. The number of nitriles is 1. The number of nitrogens with one attached hydrogen (secondary N) is 1. The molecular weight excluding hydrogens is 484 g/mol. The lowest BCUT2D eigenvalue weighted by Crippen LogP contribution is -2.14. The van der Waals surface area contributed by atoms with Crippen LogP contribution in [-0.2, 0) is 11.4 Å². The fraction of sp³-hybridized carbons (Fsp3) is 0.161. The van der Waals surface area contributed by atoms with Gasteiger partial charge in [-0.15, -0.1) is 0 Å². The molecule has 0 saturated carbocycles. The van der Waals surface area contributed by atoms with Crippen LogP contribution in [0.5, 0.6) is 11.5 Å². The van der Waals surface area contributed by atoms with Gasteiger partial charge in [-0.1, -0.05) is 60.1 Å². The molecule has 0 fully saturated rings. The van der Waals surface area contributed by atoms with Gasteiger partial charge < -0.3 is 14.8 Å². The molecule has 37 heavy (non-hydrogen) atoms. The Morgan fingerprint density at radius 1 is 1.00 bits per heavy atom. The summed E-state index contributed by atoms with van der Waals surface area (Å²) in [5, 5.41) is 15.1. The van der Waals surface area contributed by atoms with Crippen LogP contribution in [-0.4, -0.2) is 12.5 Å². The van der Waals surface area contributed by atoms with Gasteiger partial charge in [0.2, 0.25) is 0 Å². The third-order valence-corrected chi connectivity index (χ3v) is 6.34. The molecule has 0 saturated heterocycles. The molecule has 186 valence electrons. The minimum Gasteiger partial charge on any atom is -0.490 e. The number of hydrogen-bond donors (Lipinski definition) is 1. The number of carbonyl (C=O) groups is 1. The SMILES string of the molecule is CCOc1cc(/C=C(\C#N)C(=O)Nc2cccc(C)c2C)cc(Cl)c1OCc1ccc2ccccc2c1. The number of anilines is 1. The topological polar surface area (TPSA) is 71.3 Å². The van der Waals surface area contributed by atoms with E-state index in [-0.39, 0.29) is 5.57 Å². The number of rotatable bonds is 8. The maximum Gasteiger partial charge on any atom is 0.266 e. The highest BCUT2D eigenvalue weighted by molar-refractivity contribution is 6.32. The molecule has 4 rings (SSSR count). The molecule has 1 amide bonds. The van der Waals surface area contributed by atoms with Crippen LogP contribution >= 0.6 is 11.6 Å². The van der Waals surface area contributed by atoms with Crippen molar-refractivity contribution in [1.82, 2.24) is 0 Å². The summed E-state index contributed by atoms with van der Waals surface area (Å²) in [7, 11) is 0. The first-order valence-corrected chi connectivity index (χ1v) is 12.3. The van der Waals surface area contributed by atoms with Crippen LogP contribution in [0, 0.1) is 25.2 Å². The Morgan fingerprint density at radius 2 is 1.78 bits per heavy atom. The highest BCUT2D eigenvalue weighted by Gasteiger charge is 2.16. The van der Waals surface area contributed by atoms with Crippen LogP contribution in [0.1, 0.15) is 29.2 Å². The predicted molar refractivity (Wildman–Crippen MR) is 149 cm³/mol. The molecule has 0 radical (unpaired) electrons. The Kier molecular flexibility index (Phi) is 8.12. The smallest absolute Gasteiger partial charge is 0.266 e. The van der Waals surface area contributed by atoms with Gasteiger partial charge in [0.05, 0.1) is 11.6 Å². The molecule has 4 aromatic rings. The summed E-state index contributed by atoms with van der Waals surface area (Å²) < 4.78 is 11.9. The Morgan fingerprint density at radius 3 is 2.54 bits per heavy atom. The third kappa shape index (κ3) is 6.11. The summed E-state index contributed by atoms with van der Waals surface area (Å²) in [6.45, 7) is 6.45. The average molecular weight is 511 g/mol.